The lowest BCUT2D eigenvalue weighted by Gasteiger charge is -2.23. The maximum atomic E-state index is 13.5. The number of para-hydroxylation sites is 2. The van der Waals surface area contributed by atoms with Gasteiger partial charge in [0.25, 0.3) is 0 Å². The molecule has 4 heteroatoms. The summed E-state index contributed by atoms with van der Waals surface area (Å²) in [7, 11) is 0. The molecule has 3 aromatic carbocycles. The number of imidazole rings is 1. The van der Waals surface area contributed by atoms with E-state index < -0.39 is 5.60 Å². The number of terminal acetylenes is 1. The number of benzene rings is 3. The van der Waals surface area contributed by atoms with Crippen molar-refractivity contribution in [2.75, 3.05) is 0 Å². The molecule has 166 valence electrons. The van der Waals surface area contributed by atoms with Crippen LogP contribution in [0.15, 0.2) is 72.8 Å². The van der Waals surface area contributed by atoms with Gasteiger partial charge < -0.3 is 9.30 Å². The van der Waals surface area contributed by atoms with Crippen LogP contribution >= 0.6 is 0 Å². The van der Waals surface area contributed by atoms with Crippen molar-refractivity contribution in [3.8, 4) is 23.5 Å². The molecule has 0 aliphatic rings. The van der Waals surface area contributed by atoms with Crippen LogP contribution in [0.25, 0.3) is 22.2 Å². The molecule has 33 heavy (non-hydrogen) atoms. The Bertz CT molecular complexity index is 1340. The largest absolute Gasteiger partial charge is 0.456 e. The fourth-order valence-electron chi connectivity index (χ4n) is 4.00. The van der Waals surface area contributed by atoms with Gasteiger partial charge in [0.1, 0.15) is 11.4 Å². The molecule has 0 N–H and O–H groups in total. The summed E-state index contributed by atoms with van der Waals surface area (Å²) in [5.41, 5.74) is 4.49. The third kappa shape index (κ3) is 4.68. The lowest BCUT2D eigenvalue weighted by molar-refractivity contribution is 0.00691. The average Bonchev–Trinajstić information content (AvgIpc) is 3.16. The molecular formula is C29H28N2O2. The zero-order chi connectivity index (χ0) is 23.6. The van der Waals surface area contributed by atoms with Gasteiger partial charge in [0.2, 0.25) is 0 Å². The second kappa shape index (κ2) is 8.96. The lowest BCUT2D eigenvalue weighted by atomic mass is 9.95. The van der Waals surface area contributed by atoms with Crippen LogP contribution in [0, 0.1) is 12.3 Å². The molecule has 0 saturated carbocycles. The van der Waals surface area contributed by atoms with Gasteiger partial charge in [-0.2, -0.15) is 0 Å². The van der Waals surface area contributed by atoms with Gasteiger partial charge in [-0.1, -0.05) is 66.6 Å². The molecule has 0 spiro atoms. The molecule has 0 fully saturated rings. The quantitative estimate of drug-likeness (QED) is 0.267. The Labute approximate surface area is 195 Å². The van der Waals surface area contributed by atoms with E-state index in [4.69, 9.17) is 16.1 Å². The highest BCUT2D eigenvalue weighted by Crippen LogP contribution is 2.31. The van der Waals surface area contributed by atoms with E-state index in [1.54, 1.807) is 0 Å². The van der Waals surface area contributed by atoms with Crippen LogP contribution in [0.4, 0.5) is 0 Å². The number of rotatable bonds is 5. The molecule has 0 aliphatic heterocycles. The topological polar surface area (TPSA) is 44.1 Å². The Kier molecular flexibility index (Phi) is 6.07. The SMILES string of the molecule is C#CC(C)c1nc2ccccc2n1Cc1cccc(-c2ccccc2)c1C(=O)OC(C)(C)C. The van der Waals surface area contributed by atoms with Crippen LogP contribution < -0.4 is 0 Å². The van der Waals surface area contributed by atoms with Gasteiger partial charge in [0, 0.05) is 0 Å². The highest BCUT2D eigenvalue weighted by molar-refractivity contribution is 5.99. The van der Waals surface area contributed by atoms with Crippen molar-refractivity contribution in [2.45, 2.75) is 45.8 Å². The van der Waals surface area contributed by atoms with E-state index in [0.29, 0.717) is 12.1 Å². The molecule has 0 saturated heterocycles. The summed E-state index contributed by atoms with van der Waals surface area (Å²) >= 11 is 0. The van der Waals surface area contributed by atoms with Crippen LogP contribution in [-0.2, 0) is 11.3 Å². The summed E-state index contributed by atoms with van der Waals surface area (Å²) in [6.07, 6.45) is 5.76. The molecule has 0 aliphatic carbocycles. The summed E-state index contributed by atoms with van der Waals surface area (Å²) in [6, 6.07) is 23.8. The van der Waals surface area contributed by atoms with Gasteiger partial charge >= 0.3 is 5.97 Å². The van der Waals surface area contributed by atoms with E-state index in [1.165, 1.54) is 0 Å². The lowest BCUT2D eigenvalue weighted by Crippen LogP contribution is -2.25. The molecule has 0 radical (unpaired) electrons. The van der Waals surface area contributed by atoms with Crippen molar-refractivity contribution in [1.29, 1.82) is 0 Å². The number of ether oxygens (including phenoxy) is 1. The molecule has 4 aromatic rings. The average molecular weight is 437 g/mol. The van der Waals surface area contributed by atoms with E-state index in [2.05, 4.69) is 10.5 Å². The van der Waals surface area contributed by atoms with Crippen LogP contribution in [0.1, 0.15) is 55.4 Å². The first-order chi connectivity index (χ1) is 15.8. The number of fused-ring (bicyclic) bond motifs is 1. The standard InChI is InChI=1S/C29H28N2O2/c1-6-20(2)27-30-24-17-10-11-18-25(24)31(27)19-22-15-12-16-23(21-13-8-7-9-14-21)26(22)28(32)33-29(3,4)5/h1,7-18,20H,19H2,2-5H3. The Morgan fingerprint density at radius 3 is 2.42 bits per heavy atom. The van der Waals surface area contributed by atoms with Crippen molar-refractivity contribution in [3.63, 3.8) is 0 Å². The number of carbonyl (C=O) groups is 1. The van der Waals surface area contributed by atoms with E-state index in [1.807, 2.05) is 100 Å². The van der Waals surface area contributed by atoms with Gasteiger partial charge in [0.15, 0.2) is 0 Å². The summed E-state index contributed by atoms with van der Waals surface area (Å²) in [4.78, 5) is 18.3. The van der Waals surface area contributed by atoms with Crippen molar-refractivity contribution in [1.82, 2.24) is 9.55 Å². The first-order valence-corrected chi connectivity index (χ1v) is 11.1. The summed E-state index contributed by atoms with van der Waals surface area (Å²) in [5.74, 6) is 3.10. The first-order valence-electron chi connectivity index (χ1n) is 11.1. The molecular weight excluding hydrogens is 408 g/mol. The minimum Gasteiger partial charge on any atom is -0.456 e. The molecule has 0 bridgehead atoms. The molecule has 1 aromatic heterocycles. The number of esters is 1. The van der Waals surface area contributed by atoms with Gasteiger partial charge in [0.05, 0.1) is 29.1 Å². The fourth-order valence-corrected chi connectivity index (χ4v) is 4.00. The van der Waals surface area contributed by atoms with Gasteiger partial charge in [-0.05, 0) is 56.5 Å². The predicted molar refractivity (Wildman–Crippen MR) is 133 cm³/mol. The highest BCUT2D eigenvalue weighted by Gasteiger charge is 2.25. The van der Waals surface area contributed by atoms with Crippen molar-refractivity contribution >= 4 is 17.0 Å². The fraction of sp³-hybridized carbons (Fsp3) is 0.241. The van der Waals surface area contributed by atoms with Crippen LogP contribution in [0.3, 0.4) is 0 Å². The predicted octanol–water partition coefficient (Wildman–Crippen LogP) is 6.44. The minimum absolute atomic E-state index is 0.167. The zero-order valence-corrected chi connectivity index (χ0v) is 19.5. The molecule has 4 rings (SSSR count). The van der Waals surface area contributed by atoms with Crippen LogP contribution in [0.5, 0.6) is 0 Å². The monoisotopic (exact) mass is 436 g/mol. The number of nitrogens with zero attached hydrogens (tertiary/aromatic N) is 2. The van der Waals surface area contributed by atoms with Gasteiger partial charge in [-0.15, -0.1) is 6.42 Å². The zero-order valence-electron chi connectivity index (χ0n) is 19.5. The van der Waals surface area contributed by atoms with E-state index in [0.717, 1.165) is 33.5 Å². The Hall–Kier alpha value is -3.84. The van der Waals surface area contributed by atoms with Gasteiger partial charge in [-0.25, -0.2) is 9.78 Å². The maximum Gasteiger partial charge on any atom is 0.339 e. The molecule has 1 unspecified atom stereocenters. The Balaban J connectivity index is 1.91. The number of carbonyl (C=O) groups excluding carboxylic acids is 1. The first kappa shape index (κ1) is 22.4. The van der Waals surface area contributed by atoms with Crippen LogP contribution in [-0.4, -0.2) is 21.1 Å². The van der Waals surface area contributed by atoms with E-state index >= 15 is 0 Å². The normalized spacial score (nSPS) is 12.3. The van der Waals surface area contributed by atoms with Gasteiger partial charge in [-0.3, -0.25) is 0 Å². The van der Waals surface area contributed by atoms with Crippen molar-refractivity contribution < 1.29 is 9.53 Å². The summed E-state index contributed by atoms with van der Waals surface area (Å²) in [5, 5.41) is 0. The molecule has 0 amide bonds. The Morgan fingerprint density at radius 1 is 1.03 bits per heavy atom. The highest BCUT2D eigenvalue weighted by atomic mass is 16.6. The van der Waals surface area contributed by atoms with Crippen LogP contribution in [0.2, 0.25) is 0 Å². The van der Waals surface area contributed by atoms with Crippen molar-refractivity contribution in [3.05, 3.63) is 89.7 Å². The number of aromatic nitrogens is 2. The Morgan fingerprint density at radius 2 is 1.73 bits per heavy atom. The summed E-state index contributed by atoms with van der Waals surface area (Å²) in [6.45, 7) is 8.06. The third-order valence-electron chi connectivity index (χ3n) is 5.49. The van der Waals surface area contributed by atoms with E-state index in [-0.39, 0.29) is 11.9 Å². The smallest absolute Gasteiger partial charge is 0.339 e. The number of hydrogen-bond donors (Lipinski definition) is 0. The van der Waals surface area contributed by atoms with Crippen molar-refractivity contribution in [2.24, 2.45) is 0 Å². The molecule has 1 heterocycles. The maximum absolute atomic E-state index is 13.5. The second-order valence-corrected chi connectivity index (χ2v) is 9.14. The third-order valence-corrected chi connectivity index (χ3v) is 5.49. The second-order valence-electron chi connectivity index (χ2n) is 9.14. The number of hydrogen-bond acceptors (Lipinski definition) is 3. The molecule has 4 nitrogen and oxygen atoms in total. The van der Waals surface area contributed by atoms with E-state index in [9.17, 15) is 4.79 Å². The summed E-state index contributed by atoms with van der Waals surface area (Å²) < 4.78 is 7.94. The minimum atomic E-state index is -0.608. The molecule has 1 atom stereocenters.